The normalized spacial score (nSPS) is 14.3. The molecule has 9 heteroatoms. The van der Waals surface area contributed by atoms with Crippen LogP contribution in [0.5, 0.6) is 5.75 Å². The van der Waals surface area contributed by atoms with Gasteiger partial charge in [-0.3, -0.25) is 4.79 Å². The minimum Gasteiger partial charge on any atom is -0.495 e. The fraction of sp³-hybridized carbons (Fsp3) is 0.524. The van der Waals surface area contributed by atoms with Gasteiger partial charge in [-0.05, 0) is 38.1 Å². The number of piperazine rings is 1. The summed E-state index contributed by atoms with van der Waals surface area (Å²) in [5.41, 5.74) is 3.32. The van der Waals surface area contributed by atoms with Crippen molar-refractivity contribution in [1.29, 1.82) is 0 Å². The number of benzene rings is 1. The van der Waals surface area contributed by atoms with Crippen LogP contribution in [0, 0.1) is 12.8 Å². The number of hydrogen-bond acceptors (Lipinski definition) is 5. The molecular formula is C21H31Cl3N4O2. The third kappa shape index (κ3) is 5.61. The molecule has 1 aliphatic rings. The molecule has 30 heavy (non-hydrogen) atoms. The molecule has 1 aromatic heterocycles. The van der Waals surface area contributed by atoms with E-state index < -0.39 is 0 Å². The van der Waals surface area contributed by atoms with Crippen LogP contribution in [-0.4, -0.2) is 55.0 Å². The average Bonchev–Trinajstić information content (AvgIpc) is 2.65. The Morgan fingerprint density at radius 2 is 1.80 bits per heavy atom. The fourth-order valence-corrected chi connectivity index (χ4v) is 3.85. The first-order valence-electron chi connectivity index (χ1n) is 9.71. The predicted molar refractivity (Wildman–Crippen MR) is 129 cm³/mol. The van der Waals surface area contributed by atoms with E-state index in [1.807, 2.05) is 25.1 Å². The predicted octanol–water partition coefficient (Wildman–Crippen LogP) is 4.13. The van der Waals surface area contributed by atoms with Gasteiger partial charge in [0.25, 0.3) is 5.56 Å². The van der Waals surface area contributed by atoms with E-state index in [1.165, 1.54) is 0 Å². The van der Waals surface area contributed by atoms with Crippen LogP contribution in [0.25, 0.3) is 11.3 Å². The number of halogens is 3. The van der Waals surface area contributed by atoms with Crippen molar-refractivity contribution in [1.82, 2.24) is 14.7 Å². The molecule has 0 spiro atoms. The van der Waals surface area contributed by atoms with Gasteiger partial charge in [0.2, 0.25) is 0 Å². The summed E-state index contributed by atoms with van der Waals surface area (Å²) in [6.45, 7) is 10.3. The van der Waals surface area contributed by atoms with Crippen LogP contribution in [0.3, 0.4) is 0 Å². The van der Waals surface area contributed by atoms with Crippen LogP contribution in [0.1, 0.15) is 19.4 Å². The van der Waals surface area contributed by atoms with Crippen molar-refractivity contribution in [2.45, 2.75) is 27.3 Å². The highest BCUT2D eigenvalue weighted by Crippen LogP contribution is 2.32. The Labute approximate surface area is 196 Å². The molecule has 0 radical (unpaired) electrons. The number of aromatic nitrogens is 2. The zero-order valence-corrected chi connectivity index (χ0v) is 20.5. The van der Waals surface area contributed by atoms with Crippen molar-refractivity contribution in [3.8, 4) is 17.0 Å². The Morgan fingerprint density at radius 3 is 2.33 bits per heavy atom. The molecule has 0 amide bonds. The Hall–Kier alpha value is -1.47. The highest BCUT2D eigenvalue weighted by Gasteiger charge is 2.24. The van der Waals surface area contributed by atoms with Crippen LogP contribution in [0.15, 0.2) is 23.0 Å². The SMILES string of the molecule is COc1ccc(-c2nn(CC(C)C)c(=O)c(N3CCN(C)CC3)c2C)cc1Cl.Cl.Cl. The zero-order valence-electron chi connectivity index (χ0n) is 18.1. The molecular weight excluding hydrogens is 447 g/mol. The van der Waals surface area contributed by atoms with E-state index in [4.69, 9.17) is 21.4 Å². The van der Waals surface area contributed by atoms with Crippen molar-refractivity contribution < 1.29 is 4.74 Å². The van der Waals surface area contributed by atoms with Gasteiger partial charge in [0, 0.05) is 43.9 Å². The zero-order chi connectivity index (χ0) is 20.4. The van der Waals surface area contributed by atoms with Gasteiger partial charge in [-0.2, -0.15) is 5.10 Å². The first kappa shape index (κ1) is 26.6. The van der Waals surface area contributed by atoms with E-state index in [1.54, 1.807) is 11.8 Å². The highest BCUT2D eigenvalue weighted by atomic mass is 35.5. The standard InChI is InChI=1S/C21H29ClN4O2.2ClH/c1-14(2)13-26-21(27)20(25-10-8-24(4)9-11-25)15(3)19(23-26)16-6-7-18(28-5)17(22)12-16;;/h6-7,12,14H,8-11,13H2,1-5H3;2*1H. The Balaban J connectivity index is 0.00000225. The van der Waals surface area contributed by atoms with Gasteiger partial charge in [0.15, 0.2) is 0 Å². The number of hydrogen-bond donors (Lipinski definition) is 0. The molecule has 2 heterocycles. The molecule has 6 nitrogen and oxygen atoms in total. The molecule has 2 aromatic rings. The minimum absolute atomic E-state index is 0. The molecule has 1 aliphatic heterocycles. The van der Waals surface area contributed by atoms with Crippen LogP contribution < -0.4 is 15.2 Å². The lowest BCUT2D eigenvalue weighted by molar-refractivity contribution is 0.312. The summed E-state index contributed by atoms with van der Waals surface area (Å²) in [6.07, 6.45) is 0. The van der Waals surface area contributed by atoms with E-state index in [2.05, 4.69) is 30.7 Å². The van der Waals surface area contributed by atoms with Gasteiger partial charge in [0.05, 0.1) is 17.8 Å². The van der Waals surface area contributed by atoms with E-state index >= 15 is 0 Å². The minimum atomic E-state index is -0.0147. The lowest BCUT2D eigenvalue weighted by Gasteiger charge is -2.34. The lowest BCUT2D eigenvalue weighted by atomic mass is 10.0. The molecule has 168 valence electrons. The molecule has 0 atom stereocenters. The number of rotatable bonds is 5. The monoisotopic (exact) mass is 476 g/mol. The molecule has 0 N–H and O–H groups in total. The molecule has 0 saturated carbocycles. The molecule has 0 bridgehead atoms. The Kier molecular flexibility index (Phi) is 9.95. The molecule has 0 unspecified atom stereocenters. The second kappa shape index (κ2) is 11.2. The van der Waals surface area contributed by atoms with Crippen molar-refractivity contribution in [2.75, 3.05) is 45.2 Å². The third-order valence-electron chi connectivity index (χ3n) is 5.15. The van der Waals surface area contributed by atoms with Crippen molar-refractivity contribution >= 4 is 42.1 Å². The van der Waals surface area contributed by atoms with E-state index in [0.29, 0.717) is 23.2 Å². The average molecular weight is 478 g/mol. The summed E-state index contributed by atoms with van der Waals surface area (Å²) >= 11 is 6.35. The van der Waals surface area contributed by atoms with Gasteiger partial charge in [0.1, 0.15) is 11.4 Å². The van der Waals surface area contributed by atoms with E-state index in [-0.39, 0.29) is 30.4 Å². The van der Waals surface area contributed by atoms with Crippen molar-refractivity contribution in [3.63, 3.8) is 0 Å². The first-order valence-corrected chi connectivity index (χ1v) is 10.1. The smallest absolute Gasteiger partial charge is 0.290 e. The molecule has 0 aliphatic carbocycles. The van der Waals surface area contributed by atoms with Gasteiger partial charge in [-0.25, -0.2) is 4.68 Å². The lowest BCUT2D eigenvalue weighted by Crippen LogP contribution is -2.47. The van der Waals surface area contributed by atoms with E-state index in [9.17, 15) is 4.79 Å². The number of methoxy groups -OCH3 is 1. The maximum Gasteiger partial charge on any atom is 0.290 e. The van der Waals surface area contributed by atoms with Crippen molar-refractivity contribution in [2.24, 2.45) is 5.92 Å². The van der Waals surface area contributed by atoms with Crippen LogP contribution in [0.4, 0.5) is 5.69 Å². The summed E-state index contributed by atoms with van der Waals surface area (Å²) in [7, 11) is 3.71. The maximum absolute atomic E-state index is 13.3. The van der Waals surface area contributed by atoms with Gasteiger partial charge in [-0.1, -0.05) is 25.4 Å². The fourth-order valence-electron chi connectivity index (χ4n) is 3.60. The number of ether oxygens (including phenoxy) is 1. The second-order valence-electron chi connectivity index (χ2n) is 7.84. The number of nitrogens with zero attached hydrogens (tertiary/aromatic N) is 4. The molecule has 3 rings (SSSR count). The van der Waals surface area contributed by atoms with Crippen LogP contribution in [0.2, 0.25) is 5.02 Å². The summed E-state index contributed by atoms with van der Waals surface area (Å²) in [5.74, 6) is 0.943. The molecule has 1 saturated heterocycles. The first-order chi connectivity index (χ1) is 13.3. The summed E-state index contributed by atoms with van der Waals surface area (Å²) in [5, 5.41) is 5.25. The quantitative estimate of drug-likeness (QED) is 0.648. The number of anilines is 1. The molecule has 1 aromatic carbocycles. The van der Waals surface area contributed by atoms with E-state index in [0.717, 1.165) is 48.7 Å². The van der Waals surface area contributed by atoms with Gasteiger partial charge in [-0.15, -0.1) is 24.8 Å². The van der Waals surface area contributed by atoms with Crippen LogP contribution in [-0.2, 0) is 6.54 Å². The topological polar surface area (TPSA) is 50.6 Å². The summed E-state index contributed by atoms with van der Waals surface area (Å²) < 4.78 is 6.88. The Morgan fingerprint density at radius 1 is 1.17 bits per heavy atom. The largest absolute Gasteiger partial charge is 0.495 e. The van der Waals surface area contributed by atoms with Crippen molar-refractivity contribution in [3.05, 3.63) is 39.1 Å². The maximum atomic E-state index is 13.3. The molecule has 1 fully saturated rings. The highest BCUT2D eigenvalue weighted by molar-refractivity contribution is 6.32. The third-order valence-corrected chi connectivity index (χ3v) is 5.45. The second-order valence-corrected chi connectivity index (χ2v) is 8.25. The summed E-state index contributed by atoms with van der Waals surface area (Å²) in [4.78, 5) is 17.7. The Bertz CT molecular complexity index is 910. The number of likely N-dealkylation sites (N-methyl/N-ethyl adjacent to an activating group) is 1. The van der Waals surface area contributed by atoms with Gasteiger partial charge >= 0.3 is 0 Å². The van der Waals surface area contributed by atoms with Crippen LogP contribution >= 0.6 is 36.4 Å². The summed E-state index contributed by atoms with van der Waals surface area (Å²) in [6, 6.07) is 5.64. The van der Waals surface area contributed by atoms with Gasteiger partial charge < -0.3 is 14.5 Å².